The summed E-state index contributed by atoms with van der Waals surface area (Å²) in [7, 11) is 0. The first-order chi connectivity index (χ1) is 16.1. The minimum Gasteiger partial charge on any atom is -0.353 e. The average Bonchev–Trinajstić information content (AvgIpc) is 3.31. The van der Waals surface area contributed by atoms with Crippen molar-refractivity contribution in [1.29, 1.82) is 0 Å². The molecule has 8 heteroatoms. The largest absolute Gasteiger partial charge is 0.353 e. The van der Waals surface area contributed by atoms with Crippen LogP contribution in [0.2, 0.25) is 0 Å². The monoisotopic (exact) mass is 459 g/mol. The molecule has 2 aromatic carbocycles. The molecular formula is C25H25N5O2S. The zero-order valence-electron chi connectivity index (χ0n) is 18.4. The van der Waals surface area contributed by atoms with Crippen LogP contribution in [0.5, 0.6) is 0 Å². The molecule has 33 heavy (non-hydrogen) atoms. The molecule has 1 atom stereocenters. The van der Waals surface area contributed by atoms with E-state index in [-0.39, 0.29) is 17.4 Å². The van der Waals surface area contributed by atoms with E-state index in [1.807, 2.05) is 65.6 Å². The number of rotatable bonds is 5. The van der Waals surface area contributed by atoms with Gasteiger partial charge in [0, 0.05) is 37.8 Å². The third kappa shape index (κ3) is 4.26. The number of carbonyl (C=O) groups excluding carboxylic acids is 1. The smallest absolute Gasteiger partial charge is 0.277 e. The lowest BCUT2D eigenvalue weighted by atomic mass is 9.95. The number of nitrogens with zero attached hydrogens (tertiary/aromatic N) is 5. The van der Waals surface area contributed by atoms with Crippen molar-refractivity contribution >= 4 is 28.0 Å². The van der Waals surface area contributed by atoms with Gasteiger partial charge in [-0.15, -0.1) is 0 Å². The van der Waals surface area contributed by atoms with Crippen molar-refractivity contribution < 1.29 is 4.79 Å². The first kappa shape index (κ1) is 21.3. The molecule has 5 rings (SSSR count). The van der Waals surface area contributed by atoms with Crippen LogP contribution >= 0.6 is 11.3 Å². The summed E-state index contributed by atoms with van der Waals surface area (Å²) in [6.07, 6.45) is 0.771. The number of carbonyl (C=O) groups is 1. The molecule has 168 valence electrons. The number of anilines is 1. The standard InChI is InChI=1S/C25H25N5O2S/c1-2-20(18-9-5-3-6-10-18)24(32)29-15-13-28(14-16-29)21-17-22(31)30-25(26-21)33-23(27-30)19-11-7-4-8-12-19/h3-12,17,20H,2,13-16H2,1H3/t20-/m0/s1. The molecule has 0 unspecified atom stereocenters. The number of benzene rings is 2. The second-order valence-corrected chi connectivity index (χ2v) is 9.06. The summed E-state index contributed by atoms with van der Waals surface area (Å²) >= 11 is 1.40. The Kier molecular flexibility index (Phi) is 5.92. The van der Waals surface area contributed by atoms with Gasteiger partial charge in [0.25, 0.3) is 5.56 Å². The highest BCUT2D eigenvalue weighted by atomic mass is 32.1. The van der Waals surface area contributed by atoms with Crippen LogP contribution in [0.3, 0.4) is 0 Å². The lowest BCUT2D eigenvalue weighted by Gasteiger charge is -2.37. The van der Waals surface area contributed by atoms with E-state index < -0.39 is 0 Å². The molecule has 1 aliphatic rings. The quantitative estimate of drug-likeness (QED) is 0.456. The van der Waals surface area contributed by atoms with Crippen LogP contribution < -0.4 is 10.5 Å². The van der Waals surface area contributed by atoms with E-state index in [9.17, 15) is 9.59 Å². The van der Waals surface area contributed by atoms with E-state index in [2.05, 4.69) is 16.9 Å². The summed E-state index contributed by atoms with van der Waals surface area (Å²) in [5.41, 5.74) is 1.83. The summed E-state index contributed by atoms with van der Waals surface area (Å²) in [5, 5.41) is 5.21. The van der Waals surface area contributed by atoms with Gasteiger partial charge in [0.05, 0.1) is 5.92 Å². The van der Waals surface area contributed by atoms with Gasteiger partial charge in [0.1, 0.15) is 10.8 Å². The number of fused-ring (bicyclic) bond motifs is 1. The summed E-state index contributed by atoms with van der Waals surface area (Å²) in [6, 6.07) is 21.3. The molecule has 2 aromatic heterocycles. The summed E-state index contributed by atoms with van der Waals surface area (Å²) < 4.78 is 1.36. The van der Waals surface area contributed by atoms with E-state index in [4.69, 9.17) is 4.98 Å². The number of hydrogen-bond donors (Lipinski definition) is 0. The molecule has 1 saturated heterocycles. The lowest BCUT2D eigenvalue weighted by molar-refractivity contribution is -0.133. The van der Waals surface area contributed by atoms with Gasteiger partial charge in [-0.1, -0.05) is 78.9 Å². The molecule has 4 aromatic rings. The minimum atomic E-state index is -0.193. The Hall–Kier alpha value is -3.52. The van der Waals surface area contributed by atoms with Gasteiger partial charge in [0.2, 0.25) is 10.9 Å². The Morgan fingerprint density at radius 3 is 2.33 bits per heavy atom. The predicted octanol–water partition coefficient (Wildman–Crippen LogP) is 3.66. The maximum atomic E-state index is 13.2. The summed E-state index contributed by atoms with van der Waals surface area (Å²) in [6.45, 7) is 4.56. The molecule has 0 aliphatic carbocycles. The SMILES string of the molecule is CC[C@H](C(=O)N1CCN(c2cc(=O)n3nc(-c4ccccc4)sc3n2)CC1)c1ccccc1. The fourth-order valence-corrected chi connectivity index (χ4v) is 5.18. The maximum Gasteiger partial charge on any atom is 0.277 e. The fraction of sp³-hybridized carbons (Fsp3) is 0.280. The third-order valence-electron chi connectivity index (χ3n) is 6.08. The zero-order valence-corrected chi connectivity index (χ0v) is 19.2. The molecule has 7 nitrogen and oxygen atoms in total. The first-order valence-electron chi connectivity index (χ1n) is 11.2. The molecule has 0 bridgehead atoms. The van der Waals surface area contributed by atoms with Crippen LogP contribution in [-0.2, 0) is 4.79 Å². The van der Waals surface area contributed by atoms with Gasteiger partial charge < -0.3 is 9.80 Å². The van der Waals surface area contributed by atoms with Crippen LogP contribution in [0.4, 0.5) is 5.82 Å². The summed E-state index contributed by atoms with van der Waals surface area (Å²) in [4.78, 5) is 35.2. The first-order valence-corrected chi connectivity index (χ1v) is 12.0. The Labute approximate surface area is 195 Å². The van der Waals surface area contributed by atoms with E-state index in [1.165, 1.54) is 21.9 Å². The van der Waals surface area contributed by atoms with Crippen LogP contribution in [0.1, 0.15) is 24.8 Å². The molecule has 0 saturated carbocycles. The molecule has 1 amide bonds. The molecule has 3 heterocycles. The van der Waals surface area contributed by atoms with Crippen molar-refractivity contribution in [2.45, 2.75) is 19.3 Å². The van der Waals surface area contributed by atoms with Crippen molar-refractivity contribution in [2.24, 2.45) is 0 Å². The van der Waals surface area contributed by atoms with Crippen molar-refractivity contribution in [1.82, 2.24) is 19.5 Å². The van der Waals surface area contributed by atoms with Gasteiger partial charge in [-0.05, 0) is 12.0 Å². The second-order valence-electron chi connectivity index (χ2n) is 8.10. The van der Waals surface area contributed by atoms with Crippen molar-refractivity contribution in [3.63, 3.8) is 0 Å². The second kappa shape index (κ2) is 9.15. The Morgan fingerprint density at radius 2 is 1.67 bits per heavy atom. The molecule has 0 spiro atoms. The molecule has 0 N–H and O–H groups in total. The van der Waals surface area contributed by atoms with Crippen LogP contribution in [0.15, 0.2) is 71.5 Å². The molecule has 0 radical (unpaired) electrons. The topological polar surface area (TPSA) is 70.8 Å². The van der Waals surface area contributed by atoms with Gasteiger partial charge in [-0.2, -0.15) is 9.61 Å². The van der Waals surface area contributed by atoms with Crippen LogP contribution in [0, 0.1) is 0 Å². The number of aromatic nitrogens is 3. The van der Waals surface area contributed by atoms with E-state index in [0.717, 1.165) is 22.6 Å². The highest BCUT2D eigenvalue weighted by Gasteiger charge is 2.28. The van der Waals surface area contributed by atoms with Crippen molar-refractivity contribution in [3.8, 4) is 10.6 Å². The van der Waals surface area contributed by atoms with Gasteiger partial charge >= 0.3 is 0 Å². The molecule has 1 fully saturated rings. The Balaban J connectivity index is 1.32. The summed E-state index contributed by atoms with van der Waals surface area (Å²) in [5.74, 6) is 0.692. The average molecular weight is 460 g/mol. The van der Waals surface area contributed by atoms with Gasteiger partial charge in [0.15, 0.2) is 0 Å². The van der Waals surface area contributed by atoms with E-state index >= 15 is 0 Å². The Morgan fingerprint density at radius 1 is 1.00 bits per heavy atom. The third-order valence-corrected chi connectivity index (χ3v) is 7.03. The van der Waals surface area contributed by atoms with Crippen molar-refractivity contribution in [2.75, 3.05) is 31.1 Å². The highest BCUT2D eigenvalue weighted by Crippen LogP contribution is 2.26. The van der Waals surface area contributed by atoms with Crippen LogP contribution in [0.25, 0.3) is 15.5 Å². The lowest BCUT2D eigenvalue weighted by Crippen LogP contribution is -2.50. The number of piperazine rings is 1. The van der Waals surface area contributed by atoms with E-state index in [1.54, 1.807) is 0 Å². The molecule has 1 aliphatic heterocycles. The van der Waals surface area contributed by atoms with Gasteiger partial charge in [-0.3, -0.25) is 9.59 Å². The zero-order chi connectivity index (χ0) is 22.8. The molecular weight excluding hydrogens is 434 g/mol. The van der Waals surface area contributed by atoms with E-state index in [0.29, 0.717) is 37.0 Å². The normalized spacial score (nSPS) is 15.1. The number of hydrogen-bond acceptors (Lipinski definition) is 6. The maximum absolute atomic E-state index is 13.2. The fourth-order valence-electron chi connectivity index (χ4n) is 4.27. The minimum absolute atomic E-state index is 0.120. The van der Waals surface area contributed by atoms with Gasteiger partial charge in [-0.25, -0.2) is 4.98 Å². The predicted molar refractivity (Wildman–Crippen MR) is 131 cm³/mol. The van der Waals surface area contributed by atoms with Crippen LogP contribution in [-0.4, -0.2) is 51.6 Å². The number of amides is 1. The van der Waals surface area contributed by atoms with Crippen molar-refractivity contribution in [3.05, 3.63) is 82.6 Å². The highest BCUT2D eigenvalue weighted by molar-refractivity contribution is 7.19. The Bertz CT molecular complexity index is 1310.